The van der Waals surface area contributed by atoms with Gasteiger partial charge in [-0.3, -0.25) is 14.0 Å². The van der Waals surface area contributed by atoms with E-state index in [0.29, 0.717) is 28.6 Å². The number of thiazole rings is 1. The predicted octanol–water partition coefficient (Wildman–Crippen LogP) is 2.84. The normalized spacial score (nSPS) is 10.9. The number of aromatic nitrogens is 2. The number of nitrogens with one attached hydrogen (secondary N) is 3. The van der Waals surface area contributed by atoms with Gasteiger partial charge in [0.2, 0.25) is 5.91 Å². The van der Waals surface area contributed by atoms with Crippen LogP contribution in [0.5, 0.6) is 0 Å². The third-order valence-corrected chi connectivity index (χ3v) is 5.68. The van der Waals surface area contributed by atoms with E-state index >= 15 is 0 Å². The van der Waals surface area contributed by atoms with Crippen molar-refractivity contribution in [2.75, 3.05) is 11.1 Å². The molecule has 2 heterocycles. The van der Waals surface area contributed by atoms with Crippen molar-refractivity contribution in [3.63, 3.8) is 0 Å². The second-order valence-corrected chi connectivity index (χ2v) is 8.72. The van der Waals surface area contributed by atoms with Crippen LogP contribution in [-0.2, 0) is 17.1 Å². The molecule has 3 aromatic rings. The van der Waals surface area contributed by atoms with Crippen LogP contribution in [-0.4, -0.2) is 33.1 Å². The van der Waals surface area contributed by atoms with Gasteiger partial charge in [0.25, 0.3) is 5.56 Å². The molecule has 0 aliphatic rings. The SMILES string of the molecule is CC(C)NC(=O)Nc1ccc(CNC(=O)CSCc2cc(=O)n3ccsc3n2)cc1. The molecule has 30 heavy (non-hydrogen) atoms. The average Bonchev–Trinajstić information content (AvgIpc) is 3.16. The summed E-state index contributed by atoms with van der Waals surface area (Å²) >= 11 is 2.82. The highest BCUT2D eigenvalue weighted by atomic mass is 32.2. The van der Waals surface area contributed by atoms with E-state index in [1.807, 2.05) is 31.4 Å². The summed E-state index contributed by atoms with van der Waals surface area (Å²) in [5.74, 6) is 0.684. The van der Waals surface area contributed by atoms with Crippen molar-refractivity contribution in [1.82, 2.24) is 20.0 Å². The molecule has 0 saturated heterocycles. The minimum Gasteiger partial charge on any atom is -0.351 e. The standard InChI is InChI=1S/C20H23N5O3S2/c1-13(2)22-19(28)23-15-5-3-14(4-6-15)10-21-17(26)12-29-11-16-9-18(27)25-7-8-30-20(25)24-16/h3-9,13H,10-12H2,1-2H3,(H,21,26)(H2,22,23,28). The third kappa shape index (κ3) is 6.33. The second kappa shape index (κ2) is 10.3. The highest BCUT2D eigenvalue weighted by Crippen LogP contribution is 2.13. The number of fused-ring (bicyclic) bond motifs is 1. The van der Waals surface area contributed by atoms with Gasteiger partial charge in [0, 0.05) is 41.7 Å². The number of urea groups is 1. The van der Waals surface area contributed by atoms with E-state index in [1.54, 1.807) is 18.3 Å². The fraction of sp³-hybridized carbons (Fsp3) is 0.300. The van der Waals surface area contributed by atoms with Gasteiger partial charge >= 0.3 is 6.03 Å². The molecule has 0 radical (unpaired) electrons. The van der Waals surface area contributed by atoms with E-state index < -0.39 is 0 Å². The summed E-state index contributed by atoms with van der Waals surface area (Å²) in [4.78, 5) is 40.8. The minimum atomic E-state index is -0.251. The van der Waals surface area contributed by atoms with Crippen molar-refractivity contribution in [2.45, 2.75) is 32.2 Å². The Hall–Kier alpha value is -2.85. The summed E-state index contributed by atoms with van der Waals surface area (Å²) in [5, 5.41) is 10.2. The number of carbonyl (C=O) groups excluding carboxylic acids is 2. The Balaban J connectivity index is 1.40. The minimum absolute atomic E-state index is 0.0629. The average molecular weight is 446 g/mol. The van der Waals surface area contributed by atoms with Crippen LogP contribution in [0.1, 0.15) is 25.1 Å². The Bertz CT molecular complexity index is 1080. The lowest BCUT2D eigenvalue weighted by Gasteiger charge is -2.11. The Morgan fingerprint density at radius 2 is 2.00 bits per heavy atom. The van der Waals surface area contributed by atoms with E-state index in [9.17, 15) is 14.4 Å². The first kappa shape index (κ1) is 21.8. The van der Waals surface area contributed by atoms with E-state index in [2.05, 4.69) is 20.9 Å². The molecule has 0 spiro atoms. The Morgan fingerprint density at radius 1 is 1.23 bits per heavy atom. The van der Waals surface area contributed by atoms with Crippen LogP contribution in [0.4, 0.5) is 10.5 Å². The van der Waals surface area contributed by atoms with Crippen LogP contribution in [0.25, 0.3) is 4.96 Å². The zero-order valence-corrected chi connectivity index (χ0v) is 18.3. The Labute approximate surface area is 182 Å². The van der Waals surface area contributed by atoms with Crippen molar-refractivity contribution in [1.29, 1.82) is 0 Å². The first-order chi connectivity index (χ1) is 14.4. The number of carbonyl (C=O) groups is 2. The molecule has 3 amide bonds. The van der Waals surface area contributed by atoms with Gasteiger partial charge in [0.1, 0.15) is 0 Å². The molecule has 0 bridgehead atoms. The maximum Gasteiger partial charge on any atom is 0.319 e. The number of rotatable bonds is 8. The molecule has 0 fully saturated rings. The number of hydrogen-bond donors (Lipinski definition) is 3. The third-order valence-electron chi connectivity index (χ3n) is 3.96. The number of thioether (sulfide) groups is 1. The quantitative estimate of drug-likeness (QED) is 0.495. The van der Waals surface area contributed by atoms with Crippen LogP contribution in [0.2, 0.25) is 0 Å². The molecule has 158 valence electrons. The van der Waals surface area contributed by atoms with Crippen molar-refractivity contribution in [3.8, 4) is 0 Å². The molecule has 1 aromatic carbocycles. The van der Waals surface area contributed by atoms with Crippen LogP contribution in [0.15, 0.2) is 46.7 Å². The number of amides is 3. The molecule has 0 aliphatic carbocycles. The molecule has 8 nitrogen and oxygen atoms in total. The van der Waals surface area contributed by atoms with Crippen molar-refractivity contribution < 1.29 is 9.59 Å². The number of benzene rings is 1. The molecule has 2 aromatic heterocycles. The fourth-order valence-electron chi connectivity index (χ4n) is 2.60. The van der Waals surface area contributed by atoms with Gasteiger partial charge in [0.15, 0.2) is 4.96 Å². The summed E-state index contributed by atoms with van der Waals surface area (Å²) in [5.41, 5.74) is 2.18. The Kier molecular flexibility index (Phi) is 7.47. The molecule has 0 saturated carbocycles. The van der Waals surface area contributed by atoms with Gasteiger partial charge < -0.3 is 16.0 Å². The molecule has 10 heteroatoms. The zero-order chi connectivity index (χ0) is 21.5. The van der Waals surface area contributed by atoms with Crippen LogP contribution < -0.4 is 21.5 Å². The van der Waals surface area contributed by atoms with E-state index in [-0.39, 0.29) is 29.3 Å². The number of hydrogen-bond acceptors (Lipinski definition) is 6. The summed E-state index contributed by atoms with van der Waals surface area (Å²) in [6.45, 7) is 4.18. The van der Waals surface area contributed by atoms with E-state index in [1.165, 1.54) is 33.6 Å². The maximum atomic E-state index is 12.1. The molecule has 3 rings (SSSR count). The van der Waals surface area contributed by atoms with Crippen LogP contribution in [0.3, 0.4) is 0 Å². The van der Waals surface area contributed by atoms with E-state index in [4.69, 9.17) is 0 Å². The lowest BCUT2D eigenvalue weighted by atomic mass is 10.2. The predicted molar refractivity (Wildman–Crippen MR) is 121 cm³/mol. The smallest absolute Gasteiger partial charge is 0.319 e. The van der Waals surface area contributed by atoms with Gasteiger partial charge in [-0.25, -0.2) is 9.78 Å². The van der Waals surface area contributed by atoms with Crippen LogP contribution >= 0.6 is 23.1 Å². The monoisotopic (exact) mass is 445 g/mol. The Morgan fingerprint density at radius 3 is 2.73 bits per heavy atom. The molecule has 0 aliphatic heterocycles. The highest BCUT2D eigenvalue weighted by molar-refractivity contribution is 7.99. The first-order valence-corrected chi connectivity index (χ1v) is 11.4. The summed E-state index contributed by atoms with van der Waals surface area (Å²) in [6, 6.07) is 8.60. The summed E-state index contributed by atoms with van der Waals surface area (Å²) in [7, 11) is 0. The van der Waals surface area contributed by atoms with Gasteiger partial charge in [-0.05, 0) is 31.5 Å². The molecule has 0 unspecified atom stereocenters. The van der Waals surface area contributed by atoms with Gasteiger partial charge in [0.05, 0.1) is 11.4 Å². The maximum absolute atomic E-state index is 12.1. The molecular formula is C20H23N5O3S2. The van der Waals surface area contributed by atoms with Gasteiger partial charge in [-0.1, -0.05) is 12.1 Å². The molecular weight excluding hydrogens is 422 g/mol. The summed E-state index contributed by atoms with van der Waals surface area (Å²) in [6.07, 6.45) is 1.70. The number of anilines is 1. The van der Waals surface area contributed by atoms with Crippen molar-refractivity contribution >= 4 is 45.7 Å². The largest absolute Gasteiger partial charge is 0.351 e. The zero-order valence-electron chi connectivity index (χ0n) is 16.7. The second-order valence-electron chi connectivity index (χ2n) is 6.86. The lowest BCUT2D eigenvalue weighted by molar-refractivity contribution is -0.118. The highest BCUT2D eigenvalue weighted by Gasteiger charge is 2.07. The lowest BCUT2D eigenvalue weighted by Crippen LogP contribution is -2.34. The van der Waals surface area contributed by atoms with E-state index in [0.717, 1.165) is 5.56 Å². The van der Waals surface area contributed by atoms with Gasteiger partial charge in [-0.15, -0.1) is 23.1 Å². The molecule has 3 N–H and O–H groups in total. The van der Waals surface area contributed by atoms with Crippen LogP contribution in [0, 0.1) is 0 Å². The topological polar surface area (TPSA) is 105 Å². The fourth-order valence-corrected chi connectivity index (χ4v) is 4.08. The number of nitrogens with zero attached hydrogens (tertiary/aromatic N) is 2. The first-order valence-electron chi connectivity index (χ1n) is 9.37. The van der Waals surface area contributed by atoms with Crippen molar-refractivity contribution in [3.05, 3.63) is 63.5 Å². The molecule has 0 atom stereocenters. The van der Waals surface area contributed by atoms with Gasteiger partial charge in [-0.2, -0.15) is 0 Å². The van der Waals surface area contributed by atoms with Crippen molar-refractivity contribution in [2.24, 2.45) is 0 Å². The summed E-state index contributed by atoms with van der Waals surface area (Å²) < 4.78 is 1.50.